The zero-order chi connectivity index (χ0) is 20.2. The van der Waals surface area contributed by atoms with Gasteiger partial charge in [0, 0.05) is 11.9 Å². The van der Waals surface area contributed by atoms with Crippen molar-refractivity contribution in [3.8, 4) is 0 Å². The van der Waals surface area contributed by atoms with Crippen molar-refractivity contribution in [2.24, 2.45) is 0 Å². The highest BCUT2D eigenvalue weighted by molar-refractivity contribution is 7.84. The third-order valence-electron chi connectivity index (χ3n) is 3.53. The smallest absolute Gasteiger partial charge is 0.416 e. The molecule has 9 heteroatoms. The van der Waals surface area contributed by atoms with Crippen LogP contribution in [0, 0.1) is 0 Å². The second-order valence-corrected chi connectivity index (χ2v) is 6.91. The molecule has 0 aromatic heterocycles. The first-order chi connectivity index (χ1) is 12.6. The first kappa shape index (κ1) is 20.6. The molecule has 2 aromatic rings. The number of ether oxygens (including phenoxy) is 1. The van der Waals surface area contributed by atoms with Crippen LogP contribution in [-0.2, 0) is 26.5 Å². The number of alkyl halides is 3. The summed E-state index contributed by atoms with van der Waals surface area (Å²) in [6, 6.07) is 10.2. The first-order valence-electron chi connectivity index (χ1n) is 7.71. The maximum absolute atomic E-state index is 12.7. The summed E-state index contributed by atoms with van der Waals surface area (Å²) >= 11 is 0. The molecule has 0 saturated heterocycles. The molecule has 0 fully saturated rings. The topological polar surface area (TPSA) is 72.5 Å². The number of benzene rings is 2. The number of amides is 1. The maximum Gasteiger partial charge on any atom is 0.416 e. The van der Waals surface area contributed by atoms with Crippen molar-refractivity contribution in [2.45, 2.75) is 24.1 Å². The third-order valence-corrected chi connectivity index (χ3v) is 4.50. The molecule has 0 aliphatic heterocycles. The fourth-order valence-corrected chi connectivity index (χ4v) is 2.91. The van der Waals surface area contributed by atoms with E-state index in [0.29, 0.717) is 0 Å². The Morgan fingerprint density at radius 2 is 1.78 bits per heavy atom. The molecule has 2 aromatic carbocycles. The van der Waals surface area contributed by atoms with Gasteiger partial charge in [-0.3, -0.25) is 9.00 Å². The predicted molar refractivity (Wildman–Crippen MR) is 93.7 cm³/mol. The fourth-order valence-electron chi connectivity index (χ4n) is 2.18. The lowest BCUT2D eigenvalue weighted by Gasteiger charge is -2.15. The second-order valence-electron chi connectivity index (χ2n) is 5.57. The van der Waals surface area contributed by atoms with Crippen LogP contribution in [0.15, 0.2) is 53.4 Å². The minimum Gasteiger partial charge on any atom is -0.449 e. The van der Waals surface area contributed by atoms with Gasteiger partial charge in [0.05, 0.1) is 26.8 Å². The largest absolute Gasteiger partial charge is 0.449 e. The van der Waals surface area contributed by atoms with E-state index in [0.717, 1.165) is 18.2 Å². The third kappa shape index (κ3) is 5.40. The summed E-state index contributed by atoms with van der Waals surface area (Å²) in [6.07, 6.45) is -4.42. The highest BCUT2D eigenvalue weighted by Crippen LogP contribution is 2.30. The normalized spacial score (nSPS) is 13.5. The molecule has 0 heterocycles. The van der Waals surface area contributed by atoms with Crippen molar-refractivity contribution in [3.63, 3.8) is 0 Å². The van der Waals surface area contributed by atoms with Crippen molar-refractivity contribution in [1.29, 1.82) is 0 Å². The number of carbonyl (C=O) groups is 2. The van der Waals surface area contributed by atoms with Gasteiger partial charge in [-0.25, -0.2) is 4.79 Å². The Kier molecular flexibility index (Phi) is 6.37. The fraction of sp³-hybridized carbons (Fsp3) is 0.222. The SMILES string of the molecule is C[C@@H](OC(=O)c1ccccc1[S@@](C)=O)C(=O)Nc1cccc(C(F)(F)F)c1. The van der Waals surface area contributed by atoms with Crippen molar-refractivity contribution in [1.82, 2.24) is 0 Å². The lowest BCUT2D eigenvalue weighted by atomic mass is 10.2. The van der Waals surface area contributed by atoms with E-state index < -0.39 is 40.5 Å². The molecule has 1 N–H and O–H groups in total. The maximum atomic E-state index is 12.7. The van der Waals surface area contributed by atoms with E-state index in [2.05, 4.69) is 5.32 Å². The highest BCUT2D eigenvalue weighted by Gasteiger charge is 2.30. The van der Waals surface area contributed by atoms with E-state index in [4.69, 9.17) is 4.74 Å². The minimum absolute atomic E-state index is 0.0528. The summed E-state index contributed by atoms with van der Waals surface area (Å²) < 4.78 is 54.9. The molecule has 2 atom stereocenters. The predicted octanol–water partition coefficient (Wildman–Crippen LogP) is 3.63. The molecular weight excluding hydrogens is 383 g/mol. The average Bonchev–Trinajstić information content (AvgIpc) is 2.61. The zero-order valence-electron chi connectivity index (χ0n) is 14.4. The molecule has 0 bridgehead atoms. The molecule has 0 unspecified atom stereocenters. The van der Waals surface area contributed by atoms with Gasteiger partial charge in [0.1, 0.15) is 0 Å². The molecule has 0 spiro atoms. The number of esters is 1. The van der Waals surface area contributed by atoms with Gasteiger partial charge < -0.3 is 10.1 Å². The average molecular weight is 399 g/mol. The van der Waals surface area contributed by atoms with Crippen molar-refractivity contribution in [2.75, 3.05) is 11.6 Å². The molecule has 0 saturated carbocycles. The zero-order valence-corrected chi connectivity index (χ0v) is 15.2. The van der Waals surface area contributed by atoms with E-state index >= 15 is 0 Å². The lowest BCUT2D eigenvalue weighted by Crippen LogP contribution is -2.30. The van der Waals surface area contributed by atoms with Crippen LogP contribution in [0.25, 0.3) is 0 Å². The molecule has 1 amide bonds. The summed E-state index contributed by atoms with van der Waals surface area (Å²) in [7, 11) is -1.44. The Labute approximate surface area is 156 Å². The molecular formula is C18H16F3NO4S. The van der Waals surface area contributed by atoms with Gasteiger partial charge in [-0.15, -0.1) is 0 Å². The van der Waals surface area contributed by atoms with E-state index in [1.54, 1.807) is 12.1 Å². The number of hydrogen-bond acceptors (Lipinski definition) is 4. The van der Waals surface area contributed by atoms with Crippen LogP contribution in [0.2, 0.25) is 0 Å². The monoisotopic (exact) mass is 399 g/mol. The van der Waals surface area contributed by atoms with E-state index in [1.807, 2.05) is 0 Å². The van der Waals surface area contributed by atoms with Crippen LogP contribution in [0.3, 0.4) is 0 Å². The number of hydrogen-bond donors (Lipinski definition) is 1. The van der Waals surface area contributed by atoms with E-state index in [9.17, 15) is 27.0 Å². The van der Waals surface area contributed by atoms with Gasteiger partial charge in [0.2, 0.25) is 0 Å². The van der Waals surface area contributed by atoms with Crippen LogP contribution in [0.4, 0.5) is 18.9 Å². The molecule has 5 nitrogen and oxygen atoms in total. The van der Waals surface area contributed by atoms with Gasteiger partial charge in [0.25, 0.3) is 5.91 Å². The number of nitrogens with one attached hydrogen (secondary N) is 1. The van der Waals surface area contributed by atoms with Crippen LogP contribution < -0.4 is 5.32 Å². The Balaban J connectivity index is 2.08. The summed E-state index contributed by atoms with van der Waals surface area (Å²) in [5.41, 5.74) is -0.936. The quantitative estimate of drug-likeness (QED) is 0.780. The van der Waals surface area contributed by atoms with E-state index in [-0.39, 0.29) is 16.1 Å². The van der Waals surface area contributed by atoms with Crippen molar-refractivity contribution in [3.05, 3.63) is 59.7 Å². The molecule has 27 heavy (non-hydrogen) atoms. The molecule has 2 rings (SSSR count). The first-order valence-corrected chi connectivity index (χ1v) is 9.27. The molecule has 0 aliphatic carbocycles. The van der Waals surface area contributed by atoms with Crippen LogP contribution in [-0.4, -0.2) is 28.4 Å². The summed E-state index contributed by atoms with van der Waals surface area (Å²) in [5, 5.41) is 2.27. The summed E-state index contributed by atoms with van der Waals surface area (Å²) in [5.74, 6) is -1.65. The van der Waals surface area contributed by atoms with Crippen LogP contribution >= 0.6 is 0 Å². The van der Waals surface area contributed by atoms with Crippen molar-refractivity contribution < 1.29 is 31.7 Å². The molecule has 144 valence electrons. The Morgan fingerprint density at radius 1 is 1.11 bits per heavy atom. The Bertz CT molecular complexity index is 883. The highest BCUT2D eigenvalue weighted by atomic mass is 32.2. The van der Waals surface area contributed by atoms with Gasteiger partial charge in [-0.2, -0.15) is 13.2 Å². The lowest BCUT2D eigenvalue weighted by molar-refractivity contribution is -0.137. The van der Waals surface area contributed by atoms with E-state index in [1.165, 1.54) is 31.4 Å². The van der Waals surface area contributed by atoms with Gasteiger partial charge in [-0.05, 0) is 37.3 Å². The number of rotatable bonds is 5. The standard InChI is InChI=1S/C18H16F3NO4S/c1-11(26-17(24)14-8-3-4-9-15(14)27(2)25)16(23)22-13-7-5-6-12(10-13)18(19,20)21/h3-11H,1-2H3,(H,22,23)/t11-,27-/m1/s1. The number of anilines is 1. The van der Waals surface area contributed by atoms with Crippen LogP contribution in [0.1, 0.15) is 22.8 Å². The molecule has 0 aliphatic rings. The van der Waals surface area contributed by atoms with Gasteiger partial charge in [0.15, 0.2) is 6.10 Å². The number of halogens is 3. The van der Waals surface area contributed by atoms with Gasteiger partial charge >= 0.3 is 12.1 Å². The van der Waals surface area contributed by atoms with Crippen LogP contribution in [0.5, 0.6) is 0 Å². The Hall–Kier alpha value is -2.68. The second kappa shape index (κ2) is 8.34. The summed E-state index contributed by atoms with van der Waals surface area (Å²) in [6.45, 7) is 1.28. The van der Waals surface area contributed by atoms with Crippen molar-refractivity contribution >= 4 is 28.4 Å². The summed E-state index contributed by atoms with van der Waals surface area (Å²) in [4.78, 5) is 24.6. The van der Waals surface area contributed by atoms with Gasteiger partial charge in [-0.1, -0.05) is 18.2 Å². The Morgan fingerprint density at radius 3 is 2.41 bits per heavy atom. The number of carbonyl (C=O) groups excluding carboxylic acids is 2. The minimum atomic E-state index is -4.54. The molecule has 0 radical (unpaired) electrons.